The van der Waals surface area contributed by atoms with Gasteiger partial charge in [0.05, 0.1) is 6.54 Å². The quantitative estimate of drug-likeness (QED) is 0.858. The maximum absolute atomic E-state index is 12.3. The number of aliphatic carboxylic acids is 1. The van der Waals surface area contributed by atoms with Crippen molar-refractivity contribution in [3.05, 3.63) is 17.5 Å². The van der Waals surface area contributed by atoms with Gasteiger partial charge in [0, 0.05) is 38.2 Å². The fourth-order valence-electron chi connectivity index (χ4n) is 2.41. The average molecular weight is 279 g/mol. The van der Waals surface area contributed by atoms with E-state index in [1.165, 1.54) is 0 Å². The molecule has 108 valence electrons. The van der Waals surface area contributed by atoms with Gasteiger partial charge >= 0.3 is 5.97 Å². The Morgan fingerprint density at radius 3 is 2.60 bits per heavy atom. The number of piperazine rings is 1. The first-order valence-corrected chi connectivity index (χ1v) is 6.83. The van der Waals surface area contributed by atoms with Crippen LogP contribution in [0.1, 0.15) is 35.0 Å². The minimum Gasteiger partial charge on any atom is -0.480 e. The molecule has 1 saturated heterocycles. The van der Waals surface area contributed by atoms with Crippen LogP contribution >= 0.6 is 0 Å². The van der Waals surface area contributed by atoms with Gasteiger partial charge in [0.2, 0.25) is 0 Å². The molecule has 3 rings (SSSR count). The van der Waals surface area contributed by atoms with Crippen molar-refractivity contribution in [1.29, 1.82) is 0 Å². The molecule has 1 amide bonds. The highest BCUT2D eigenvalue weighted by Gasteiger charge is 2.30. The van der Waals surface area contributed by atoms with Crippen LogP contribution in [0.5, 0.6) is 0 Å². The van der Waals surface area contributed by atoms with E-state index in [9.17, 15) is 9.59 Å². The van der Waals surface area contributed by atoms with Crippen molar-refractivity contribution in [3.8, 4) is 0 Å². The lowest BCUT2D eigenvalue weighted by molar-refractivity contribution is -0.138. The van der Waals surface area contributed by atoms with Gasteiger partial charge in [0.1, 0.15) is 5.76 Å². The number of carboxylic acids is 1. The molecule has 0 unspecified atom stereocenters. The fourth-order valence-corrected chi connectivity index (χ4v) is 2.41. The molecule has 1 N–H and O–H groups in total. The van der Waals surface area contributed by atoms with E-state index >= 15 is 0 Å². The maximum Gasteiger partial charge on any atom is 0.317 e. The van der Waals surface area contributed by atoms with Crippen LogP contribution in [0.3, 0.4) is 0 Å². The first-order chi connectivity index (χ1) is 9.63. The van der Waals surface area contributed by atoms with Gasteiger partial charge in [-0.2, -0.15) is 0 Å². The number of nitrogens with zero attached hydrogens (tertiary/aromatic N) is 3. The van der Waals surface area contributed by atoms with E-state index in [-0.39, 0.29) is 12.5 Å². The van der Waals surface area contributed by atoms with Crippen molar-refractivity contribution >= 4 is 11.9 Å². The van der Waals surface area contributed by atoms with E-state index in [1.807, 2.05) is 4.90 Å². The Balaban J connectivity index is 1.56. The molecule has 0 atom stereocenters. The fraction of sp³-hybridized carbons (Fsp3) is 0.615. The Morgan fingerprint density at radius 2 is 2.00 bits per heavy atom. The van der Waals surface area contributed by atoms with Crippen molar-refractivity contribution in [2.24, 2.45) is 0 Å². The first-order valence-electron chi connectivity index (χ1n) is 6.83. The molecule has 2 aliphatic rings. The monoisotopic (exact) mass is 279 g/mol. The Morgan fingerprint density at radius 1 is 1.30 bits per heavy atom. The van der Waals surface area contributed by atoms with Crippen LogP contribution in [0.4, 0.5) is 0 Å². The maximum atomic E-state index is 12.3. The van der Waals surface area contributed by atoms with Crippen LogP contribution in [-0.2, 0) is 4.79 Å². The second kappa shape index (κ2) is 5.24. The number of hydrogen-bond donors (Lipinski definition) is 1. The SMILES string of the molecule is O=C(O)CN1CCN(C(=O)c2cc(C3CC3)on2)CC1. The van der Waals surface area contributed by atoms with Crippen molar-refractivity contribution in [2.75, 3.05) is 32.7 Å². The number of carbonyl (C=O) groups excluding carboxylic acids is 1. The smallest absolute Gasteiger partial charge is 0.317 e. The molecule has 1 aliphatic carbocycles. The van der Waals surface area contributed by atoms with Gasteiger partial charge in [0.15, 0.2) is 5.69 Å². The summed E-state index contributed by atoms with van der Waals surface area (Å²) in [6, 6.07) is 1.74. The molecular weight excluding hydrogens is 262 g/mol. The zero-order valence-corrected chi connectivity index (χ0v) is 11.1. The molecule has 1 aromatic rings. The summed E-state index contributed by atoms with van der Waals surface area (Å²) >= 11 is 0. The summed E-state index contributed by atoms with van der Waals surface area (Å²) in [5, 5.41) is 12.6. The van der Waals surface area contributed by atoms with Crippen LogP contribution in [0.15, 0.2) is 10.6 Å². The lowest BCUT2D eigenvalue weighted by atomic mass is 10.2. The van der Waals surface area contributed by atoms with Crippen LogP contribution < -0.4 is 0 Å². The van der Waals surface area contributed by atoms with Gasteiger partial charge in [-0.15, -0.1) is 0 Å². The predicted octanol–water partition coefficient (Wildman–Crippen LogP) is 0.394. The van der Waals surface area contributed by atoms with Crippen molar-refractivity contribution in [2.45, 2.75) is 18.8 Å². The topological polar surface area (TPSA) is 86.9 Å². The summed E-state index contributed by atoms with van der Waals surface area (Å²) < 4.78 is 5.19. The molecular formula is C13H17N3O4. The van der Waals surface area contributed by atoms with Gasteiger partial charge in [0.25, 0.3) is 5.91 Å². The third kappa shape index (κ3) is 2.82. The van der Waals surface area contributed by atoms with Gasteiger partial charge in [-0.05, 0) is 12.8 Å². The van der Waals surface area contributed by atoms with Gasteiger partial charge in [-0.25, -0.2) is 0 Å². The summed E-state index contributed by atoms with van der Waals surface area (Å²) in [6.45, 7) is 2.23. The number of carboxylic acid groups (broad SMARTS) is 1. The number of amides is 1. The summed E-state index contributed by atoms with van der Waals surface area (Å²) in [7, 11) is 0. The molecule has 0 radical (unpaired) electrons. The van der Waals surface area contributed by atoms with Gasteiger partial charge in [-0.1, -0.05) is 5.16 Å². The van der Waals surface area contributed by atoms with Gasteiger partial charge in [-0.3, -0.25) is 14.5 Å². The van der Waals surface area contributed by atoms with E-state index < -0.39 is 5.97 Å². The van der Waals surface area contributed by atoms with Crippen LogP contribution in [-0.4, -0.2) is 64.7 Å². The average Bonchev–Trinajstić information content (AvgIpc) is 3.16. The molecule has 2 heterocycles. The first kappa shape index (κ1) is 13.1. The third-order valence-electron chi connectivity index (χ3n) is 3.75. The molecule has 1 aromatic heterocycles. The summed E-state index contributed by atoms with van der Waals surface area (Å²) in [5.41, 5.74) is 0.360. The molecule has 2 fully saturated rings. The Hall–Kier alpha value is -1.89. The molecule has 1 saturated carbocycles. The Bertz CT molecular complexity index is 515. The van der Waals surface area contributed by atoms with Crippen molar-refractivity contribution in [3.63, 3.8) is 0 Å². The molecule has 1 aliphatic heterocycles. The second-order valence-corrected chi connectivity index (χ2v) is 5.35. The van der Waals surface area contributed by atoms with E-state index in [2.05, 4.69) is 5.16 Å². The molecule has 20 heavy (non-hydrogen) atoms. The lowest BCUT2D eigenvalue weighted by Gasteiger charge is -2.33. The molecule has 7 nitrogen and oxygen atoms in total. The highest BCUT2D eigenvalue weighted by atomic mass is 16.5. The Kier molecular flexibility index (Phi) is 3.43. The zero-order chi connectivity index (χ0) is 14.1. The third-order valence-corrected chi connectivity index (χ3v) is 3.75. The normalized spacial score (nSPS) is 20.1. The van der Waals surface area contributed by atoms with Crippen molar-refractivity contribution in [1.82, 2.24) is 15.0 Å². The molecule has 0 aromatic carbocycles. The highest BCUT2D eigenvalue weighted by Crippen LogP contribution is 2.40. The van der Waals surface area contributed by atoms with Crippen LogP contribution in [0.25, 0.3) is 0 Å². The number of hydrogen-bond acceptors (Lipinski definition) is 5. The minimum atomic E-state index is -0.838. The van der Waals surface area contributed by atoms with E-state index in [1.54, 1.807) is 11.0 Å². The summed E-state index contributed by atoms with van der Waals surface area (Å²) in [6.07, 6.45) is 2.22. The molecule has 0 bridgehead atoms. The second-order valence-electron chi connectivity index (χ2n) is 5.35. The number of rotatable bonds is 4. The largest absolute Gasteiger partial charge is 0.480 e. The Labute approximate surface area is 116 Å². The number of aromatic nitrogens is 1. The molecule has 7 heteroatoms. The predicted molar refractivity (Wildman–Crippen MR) is 68.5 cm³/mol. The zero-order valence-electron chi connectivity index (χ0n) is 11.1. The summed E-state index contributed by atoms with van der Waals surface area (Å²) in [5.74, 6) is 0.278. The van der Waals surface area contributed by atoms with E-state index in [4.69, 9.17) is 9.63 Å². The van der Waals surface area contributed by atoms with E-state index in [0.717, 1.165) is 18.6 Å². The minimum absolute atomic E-state index is 0.0256. The number of carbonyl (C=O) groups is 2. The van der Waals surface area contributed by atoms with Crippen LogP contribution in [0, 0.1) is 0 Å². The van der Waals surface area contributed by atoms with Crippen molar-refractivity contribution < 1.29 is 19.2 Å². The van der Waals surface area contributed by atoms with E-state index in [0.29, 0.717) is 37.8 Å². The molecule has 0 spiro atoms. The van der Waals surface area contributed by atoms with Crippen LogP contribution in [0.2, 0.25) is 0 Å². The summed E-state index contributed by atoms with van der Waals surface area (Å²) in [4.78, 5) is 26.4. The highest BCUT2D eigenvalue weighted by molar-refractivity contribution is 5.92. The standard InChI is InChI=1S/C13H17N3O4/c17-12(18)8-15-3-5-16(6-4-15)13(19)10-7-11(20-14-10)9-1-2-9/h7,9H,1-6,8H2,(H,17,18). The van der Waals surface area contributed by atoms with Gasteiger partial charge < -0.3 is 14.5 Å². The lowest BCUT2D eigenvalue weighted by Crippen LogP contribution is -2.49.